The molecule has 0 bridgehead atoms. The fourth-order valence-electron chi connectivity index (χ4n) is 3.31. The number of hydrogen-bond acceptors (Lipinski definition) is 15. The number of rotatable bonds is 0. The Bertz CT molecular complexity index is 1810. The number of pyridine rings is 3. The van der Waals surface area contributed by atoms with E-state index in [0.29, 0.717) is 0 Å². The standard InChI is InChI=1S/3C6H7N.4C5H6N2.2C3H5N3.9C2H6/c1-6-2-4-7-5-3-6;1-6-3-2-4-7-5-6;1-6-4-2-3-5-7-6;1-5-2-3-6-4-7-5;1-5-2-3-6-7-4-5;1-5-6-3-2-4-7-5;1-5-3-2-4-6-7-5;2*1-3-2-4-6-5-3;9*1-2/h3*2-5H,1H3;4*2-4H,1H3;2*2H,1H3,(H,4,5,6);9*1-2H3. The molecule has 79 heavy (non-hydrogen) atoms. The minimum Gasteiger partial charge on any atom is -0.265 e. The lowest BCUT2D eigenvalue weighted by molar-refractivity contribution is 0.928. The van der Waals surface area contributed by atoms with Crippen LogP contribution in [0, 0.1) is 62.3 Å². The average Bonchev–Trinajstić information content (AvgIpc) is 4.23. The average molecular weight is 1090 g/mol. The number of aryl methyl sites for hydroxylation is 9. The van der Waals surface area contributed by atoms with E-state index in [-0.39, 0.29) is 0 Å². The monoisotopic (exact) mass is 1090 g/mol. The maximum atomic E-state index is 3.98. The Labute approximate surface area is 481 Å². The second kappa shape index (κ2) is 86.7. The molecule has 0 fully saturated rings. The van der Waals surface area contributed by atoms with Crippen LogP contribution in [0.15, 0.2) is 160 Å². The van der Waals surface area contributed by atoms with Crippen LogP contribution in [0.5, 0.6) is 0 Å². The summed E-state index contributed by atoms with van der Waals surface area (Å²) in [7, 11) is 0. The molecule has 0 amide bonds. The first-order chi connectivity index (χ1) is 38.5. The van der Waals surface area contributed by atoms with Crippen molar-refractivity contribution in [3.63, 3.8) is 0 Å². The summed E-state index contributed by atoms with van der Waals surface area (Å²) in [6.07, 6.45) is 24.1. The SMILES string of the molecule is CC.CC.CC.CC.CC.CC.CC.CC.CC.Cc1ccccn1.Cc1cccnc1.Cc1cccnn1.Cc1ccncc1.Cc1ccncn1.Cc1ccnnc1.Cc1cn[nH]n1.Cc1cn[nH]n1.Cc1ncccn1. The number of aromatic nitrogens is 17. The maximum absolute atomic E-state index is 3.98. The first kappa shape index (κ1) is 90.6. The second-order valence-corrected chi connectivity index (χ2v) is 12.2. The van der Waals surface area contributed by atoms with Crippen molar-refractivity contribution in [3.05, 3.63) is 211 Å². The van der Waals surface area contributed by atoms with Crippen molar-refractivity contribution in [2.45, 2.75) is 187 Å². The van der Waals surface area contributed by atoms with Crippen LogP contribution in [-0.4, -0.2) is 86.1 Å². The van der Waals surface area contributed by atoms with Crippen molar-refractivity contribution in [3.8, 4) is 0 Å². The van der Waals surface area contributed by atoms with Gasteiger partial charge in [-0.25, -0.2) is 19.9 Å². The highest BCUT2D eigenvalue weighted by Crippen LogP contribution is 1.90. The minimum atomic E-state index is 0.822. The summed E-state index contributed by atoms with van der Waals surface area (Å²) in [6, 6.07) is 23.1. The zero-order valence-corrected chi connectivity index (χ0v) is 54.2. The van der Waals surface area contributed by atoms with Gasteiger partial charge in [0.2, 0.25) is 0 Å². The molecular weight excluding hydrogens is 983 g/mol. The molecule has 0 aliphatic heterocycles. The highest BCUT2D eigenvalue weighted by molar-refractivity contribution is 5.06. The Morgan fingerprint density at radius 1 is 0.278 bits per heavy atom. The molecule has 9 aromatic rings. The molecule has 2 N–H and O–H groups in total. The van der Waals surface area contributed by atoms with Crippen LogP contribution in [-0.2, 0) is 0 Å². The third-order valence-electron chi connectivity index (χ3n) is 6.40. The van der Waals surface area contributed by atoms with Gasteiger partial charge in [-0.1, -0.05) is 137 Å². The quantitative estimate of drug-likeness (QED) is 0.144. The number of hydrogen-bond donors (Lipinski definition) is 2. The van der Waals surface area contributed by atoms with Gasteiger partial charge in [0, 0.05) is 73.4 Å². The van der Waals surface area contributed by atoms with Crippen LogP contribution in [0.25, 0.3) is 0 Å². The Morgan fingerprint density at radius 2 is 0.734 bits per heavy atom. The lowest BCUT2D eigenvalue weighted by atomic mass is 10.3. The van der Waals surface area contributed by atoms with Crippen LogP contribution < -0.4 is 0 Å². The van der Waals surface area contributed by atoms with E-state index < -0.39 is 0 Å². The summed E-state index contributed by atoms with van der Waals surface area (Å²) in [6.45, 7) is 53.5. The van der Waals surface area contributed by atoms with E-state index >= 15 is 0 Å². The highest BCUT2D eigenvalue weighted by atomic mass is 15.3. The largest absolute Gasteiger partial charge is 0.265 e. The zero-order chi connectivity index (χ0) is 62.6. The summed E-state index contributed by atoms with van der Waals surface area (Å²) >= 11 is 0. The van der Waals surface area contributed by atoms with Gasteiger partial charge in [-0.2, -0.15) is 51.2 Å². The van der Waals surface area contributed by atoms with Gasteiger partial charge in [0.05, 0.1) is 35.7 Å². The predicted molar refractivity (Wildman–Crippen MR) is 338 cm³/mol. The van der Waals surface area contributed by atoms with E-state index in [1.165, 1.54) is 17.5 Å². The van der Waals surface area contributed by atoms with Gasteiger partial charge in [-0.15, -0.1) is 0 Å². The number of nitrogens with zero attached hydrogens (tertiary/aromatic N) is 15. The normalized spacial score (nSPS) is 7.43. The van der Waals surface area contributed by atoms with E-state index in [0.717, 1.165) is 39.9 Å². The molecule has 17 nitrogen and oxygen atoms in total. The molecule has 442 valence electrons. The van der Waals surface area contributed by atoms with Crippen molar-refractivity contribution >= 4 is 0 Å². The Hall–Kier alpha value is -7.95. The molecule has 0 radical (unpaired) electrons. The Balaban J connectivity index is -0.0000000962. The summed E-state index contributed by atoms with van der Waals surface area (Å²) in [5.74, 6) is 0.822. The summed E-state index contributed by atoms with van der Waals surface area (Å²) < 4.78 is 0. The minimum absolute atomic E-state index is 0.822. The van der Waals surface area contributed by atoms with Crippen LogP contribution in [0.3, 0.4) is 0 Å². The molecule has 0 spiro atoms. The predicted octanol–water partition coefficient (Wildman–Crippen LogP) is 16.8. The van der Waals surface area contributed by atoms with Crippen molar-refractivity contribution < 1.29 is 0 Å². The van der Waals surface area contributed by atoms with Gasteiger partial charge in [0.1, 0.15) is 12.2 Å². The van der Waals surface area contributed by atoms with E-state index in [1.807, 2.05) is 260 Å². The fourth-order valence-corrected chi connectivity index (χ4v) is 3.31. The lowest BCUT2D eigenvalue weighted by Crippen LogP contribution is -1.80. The van der Waals surface area contributed by atoms with Crippen LogP contribution in [0.2, 0.25) is 0 Å². The molecule has 9 rings (SSSR count). The Kier molecular flexibility index (Phi) is 99.4. The van der Waals surface area contributed by atoms with Gasteiger partial charge >= 0.3 is 0 Å². The molecule has 17 heteroatoms. The molecular formula is C62H109N17. The third-order valence-corrected chi connectivity index (χ3v) is 6.40. The van der Waals surface area contributed by atoms with Gasteiger partial charge < -0.3 is 0 Å². The summed E-state index contributed by atoms with van der Waals surface area (Å²) in [4.78, 5) is 27.0. The molecule has 0 atom stereocenters. The molecule has 9 heterocycles. The molecule has 0 unspecified atom stereocenters. The summed E-state index contributed by atoms with van der Waals surface area (Å²) in [5, 5.41) is 34.0. The molecule has 9 aromatic heterocycles. The lowest BCUT2D eigenvalue weighted by Gasteiger charge is -1.82. The van der Waals surface area contributed by atoms with E-state index in [2.05, 4.69) is 86.1 Å². The van der Waals surface area contributed by atoms with Crippen LogP contribution in [0.1, 0.15) is 176 Å². The second-order valence-electron chi connectivity index (χ2n) is 12.2. The number of nitrogens with one attached hydrogen (secondary N) is 2. The van der Waals surface area contributed by atoms with Crippen LogP contribution >= 0.6 is 0 Å². The van der Waals surface area contributed by atoms with E-state index in [1.54, 1.807) is 80.4 Å². The first-order valence-electron chi connectivity index (χ1n) is 27.7. The first-order valence-corrected chi connectivity index (χ1v) is 27.7. The summed E-state index contributed by atoms with van der Waals surface area (Å²) in [5.41, 5.74) is 8.51. The number of H-pyrrole nitrogens is 2. The van der Waals surface area contributed by atoms with Gasteiger partial charge in [0.15, 0.2) is 0 Å². The van der Waals surface area contributed by atoms with Crippen molar-refractivity contribution in [2.24, 2.45) is 0 Å². The fraction of sp³-hybridized carbons (Fsp3) is 0.435. The molecule has 0 aliphatic carbocycles. The topological polar surface area (TPSA) is 225 Å². The highest BCUT2D eigenvalue weighted by Gasteiger charge is 1.79. The van der Waals surface area contributed by atoms with Gasteiger partial charge in [-0.3, -0.25) is 15.0 Å². The smallest absolute Gasteiger partial charge is 0.125 e. The van der Waals surface area contributed by atoms with Crippen LogP contribution in [0.4, 0.5) is 0 Å². The van der Waals surface area contributed by atoms with Crippen molar-refractivity contribution in [2.75, 3.05) is 0 Å². The van der Waals surface area contributed by atoms with Gasteiger partial charge in [0.25, 0.3) is 0 Å². The van der Waals surface area contributed by atoms with Crippen molar-refractivity contribution in [1.29, 1.82) is 0 Å². The third kappa shape index (κ3) is 84.3. The molecule has 0 saturated carbocycles. The van der Waals surface area contributed by atoms with E-state index in [9.17, 15) is 0 Å². The van der Waals surface area contributed by atoms with Gasteiger partial charge in [-0.05, 0) is 140 Å². The molecule has 0 saturated heterocycles. The van der Waals surface area contributed by atoms with E-state index in [4.69, 9.17) is 0 Å². The molecule has 0 aromatic carbocycles. The Morgan fingerprint density at radius 3 is 0.924 bits per heavy atom. The maximum Gasteiger partial charge on any atom is 0.125 e. The number of aromatic amines is 2. The molecule has 0 aliphatic rings. The zero-order valence-electron chi connectivity index (χ0n) is 54.2. The van der Waals surface area contributed by atoms with Crippen molar-refractivity contribution in [1.82, 2.24) is 86.1 Å².